The van der Waals surface area contributed by atoms with Crippen molar-refractivity contribution in [1.82, 2.24) is 0 Å². The summed E-state index contributed by atoms with van der Waals surface area (Å²) < 4.78 is 48.8. The molecule has 0 spiro atoms. The first-order valence-electron chi connectivity index (χ1n) is 5.42. The molecule has 2 rings (SSSR count). The number of nitrogens with two attached hydrogens (primary N) is 2. The van der Waals surface area contributed by atoms with Crippen molar-refractivity contribution in [2.45, 2.75) is 4.90 Å². The highest BCUT2D eigenvalue weighted by Crippen LogP contribution is 2.27. The number of hydrogen-bond acceptors (Lipinski definition) is 4. The minimum atomic E-state index is -3.87. The molecule has 0 fully saturated rings. The van der Waals surface area contributed by atoms with Crippen LogP contribution in [0.15, 0.2) is 41.3 Å². The second-order valence-corrected chi connectivity index (χ2v) is 5.60. The molecular weight excluding hydrogens is 288 g/mol. The molecule has 0 unspecified atom stereocenters. The number of nitrogens with one attached hydrogen (secondary N) is 1. The van der Waals surface area contributed by atoms with E-state index in [4.69, 9.17) is 10.9 Å². The molecule has 2 aromatic rings. The normalized spacial score (nSPS) is 11.3. The Bertz CT molecular complexity index is 763. The fourth-order valence-corrected chi connectivity index (χ4v) is 2.12. The molecule has 8 heteroatoms. The van der Waals surface area contributed by atoms with Gasteiger partial charge in [0.25, 0.3) is 0 Å². The number of rotatable bonds is 3. The molecular formula is C12H11F2N3O2S. The third kappa shape index (κ3) is 3.03. The van der Waals surface area contributed by atoms with Gasteiger partial charge in [0, 0.05) is 6.07 Å². The summed E-state index contributed by atoms with van der Waals surface area (Å²) in [5.41, 5.74) is 5.82. The highest BCUT2D eigenvalue weighted by atomic mass is 32.2. The van der Waals surface area contributed by atoms with Crippen LogP contribution >= 0.6 is 0 Å². The molecule has 2 aromatic carbocycles. The molecule has 0 atom stereocenters. The maximum absolute atomic E-state index is 13.5. The largest absolute Gasteiger partial charge is 0.397 e. The number of sulfonamides is 1. The van der Waals surface area contributed by atoms with Gasteiger partial charge in [-0.25, -0.2) is 22.3 Å². The Kier molecular flexibility index (Phi) is 3.60. The van der Waals surface area contributed by atoms with Crippen molar-refractivity contribution in [2.75, 3.05) is 11.1 Å². The molecule has 5 nitrogen and oxygen atoms in total. The van der Waals surface area contributed by atoms with Gasteiger partial charge in [0.05, 0.1) is 22.0 Å². The van der Waals surface area contributed by atoms with Crippen molar-refractivity contribution in [3.8, 4) is 0 Å². The van der Waals surface area contributed by atoms with Crippen molar-refractivity contribution < 1.29 is 17.2 Å². The Hall–Kier alpha value is -2.19. The van der Waals surface area contributed by atoms with Gasteiger partial charge >= 0.3 is 0 Å². The number of primary sulfonamides is 1. The van der Waals surface area contributed by atoms with E-state index in [-0.39, 0.29) is 22.0 Å². The van der Waals surface area contributed by atoms with Crippen LogP contribution in [0, 0.1) is 11.6 Å². The number of nitrogen functional groups attached to an aromatic ring is 1. The lowest BCUT2D eigenvalue weighted by Gasteiger charge is -2.11. The van der Waals surface area contributed by atoms with Crippen LogP contribution in [-0.2, 0) is 10.0 Å². The third-order valence-corrected chi connectivity index (χ3v) is 3.46. The summed E-state index contributed by atoms with van der Waals surface area (Å²) in [4.78, 5) is -0.166. The van der Waals surface area contributed by atoms with Crippen molar-refractivity contribution in [3.63, 3.8) is 0 Å². The van der Waals surface area contributed by atoms with E-state index in [1.807, 2.05) is 0 Å². The van der Waals surface area contributed by atoms with E-state index in [9.17, 15) is 17.2 Å². The molecule has 0 heterocycles. The van der Waals surface area contributed by atoms with E-state index in [2.05, 4.69) is 5.32 Å². The van der Waals surface area contributed by atoms with Gasteiger partial charge in [-0.05, 0) is 30.3 Å². The predicted molar refractivity (Wildman–Crippen MR) is 71.9 cm³/mol. The minimum Gasteiger partial charge on any atom is -0.397 e. The molecule has 0 aromatic heterocycles. The Morgan fingerprint density at radius 2 is 1.70 bits per heavy atom. The topological polar surface area (TPSA) is 98.2 Å². The van der Waals surface area contributed by atoms with Gasteiger partial charge in [-0.1, -0.05) is 0 Å². The molecule has 0 saturated carbocycles. The molecule has 0 aliphatic heterocycles. The van der Waals surface area contributed by atoms with Crippen LogP contribution in [0.5, 0.6) is 0 Å². The van der Waals surface area contributed by atoms with E-state index in [1.54, 1.807) is 0 Å². The zero-order chi connectivity index (χ0) is 14.9. The van der Waals surface area contributed by atoms with Gasteiger partial charge in [-0.3, -0.25) is 0 Å². The summed E-state index contributed by atoms with van der Waals surface area (Å²) in [5.74, 6) is -1.28. The molecule has 0 bridgehead atoms. The summed E-state index contributed by atoms with van der Waals surface area (Å²) in [6, 6.07) is 6.57. The number of halogens is 2. The Morgan fingerprint density at radius 1 is 1.00 bits per heavy atom. The molecule has 106 valence electrons. The lowest BCUT2D eigenvalue weighted by Crippen LogP contribution is -2.12. The lowest BCUT2D eigenvalue weighted by atomic mass is 10.2. The number of benzene rings is 2. The van der Waals surface area contributed by atoms with Crippen LogP contribution in [0.2, 0.25) is 0 Å². The summed E-state index contributed by atoms with van der Waals surface area (Å²) in [5, 5.41) is 7.54. The Balaban J connectivity index is 2.38. The fourth-order valence-electron chi connectivity index (χ4n) is 1.57. The van der Waals surface area contributed by atoms with Crippen LogP contribution in [0.4, 0.5) is 25.8 Å². The van der Waals surface area contributed by atoms with Crippen molar-refractivity contribution in [3.05, 3.63) is 48.0 Å². The van der Waals surface area contributed by atoms with Crippen LogP contribution in [0.25, 0.3) is 0 Å². The van der Waals surface area contributed by atoms with E-state index in [0.717, 1.165) is 24.3 Å². The first-order chi connectivity index (χ1) is 9.27. The highest BCUT2D eigenvalue weighted by Gasteiger charge is 2.11. The van der Waals surface area contributed by atoms with Gasteiger partial charge in [-0.15, -0.1) is 0 Å². The summed E-state index contributed by atoms with van der Waals surface area (Å²) in [7, 11) is -3.87. The highest BCUT2D eigenvalue weighted by molar-refractivity contribution is 7.89. The van der Waals surface area contributed by atoms with E-state index < -0.39 is 21.7 Å². The van der Waals surface area contributed by atoms with E-state index in [0.29, 0.717) is 0 Å². The quantitative estimate of drug-likeness (QED) is 0.754. The van der Waals surface area contributed by atoms with Crippen LogP contribution in [0.3, 0.4) is 0 Å². The smallest absolute Gasteiger partial charge is 0.238 e. The zero-order valence-corrected chi connectivity index (χ0v) is 10.9. The Morgan fingerprint density at radius 3 is 2.30 bits per heavy atom. The number of hydrogen-bond donors (Lipinski definition) is 3. The van der Waals surface area contributed by atoms with Gasteiger partial charge in [0.15, 0.2) is 0 Å². The maximum atomic E-state index is 13.5. The van der Waals surface area contributed by atoms with Gasteiger partial charge in [0.2, 0.25) is 10.0 Å². The summed E-state index contributed by atoms with van der Waals surface area (Å²) in [6.07, 6.45) is 0. The van der Waals surface area contributed by atoms with Crippen LogP contribution in [-0.4, -0.2) is 8.42 Å². The van der Waals surface area contributed by atoms with Gasteiger partial charge < -0.3 is 11.1 Å². The standard InChI is InChI=1S/C12H11F2N3O2S/c13-7-1-3-9(14)12(5-7)17-11-4-2-8(6-10(11)15)20(16,18)19/h1-6,17H,15H2,(H2,16,18,19). The predicted octanol–water partition coefficient (Wildman–Crippen LogP) is 1.94. The lowest BCUT2D eigenvalue weighted by molar-refractivity contribution is 0.598. The van der Waals surface area contributed by atoms with Crippen LogP contribution < -0.4 is 16.2 Å². The monoisotopic (exact) mass is 299 g/mol. The van der Waals surface area contributed by atoms with Crippen LogP contribution in [0.1, 0.15) is 0 Å². The van der Waals surface area contributed by atoms with Crippen molar-refractivity contribution in [2.24, 2.45) is 5.14 Å². The Labute approximate surface area is 114 Å². The molecule has 20 heavy (non-hydrogen) atoms. The fraction of sp³-hybridized carbons (Fsp3) is 0. The second kappa shape index (κ2) is 5.06. The first kappa shape index (κ1) is 14.2. The maximum Gasteiger partial charge on any atom is 0.238 e. The summed E-state index contributed by atoms with van der Waals surface area (Å²) in [6.45, 7) is 0. The average molecular weight is 299 g/mol. The van der Waals surface area contributed by atoms with E-state index in [1.165, 1.54) is 12.1 Å². The second-order valence-electron chi connectivity index (χ2n) is 4.04. The van der Waals surface area contributed by atoms with Crippen molar-refractivity contribution in [1.29, 1.82) is 0 Å². The number of anilines is 3. The molecule has 5 N–H and O–H groups in total. The molecule has 0 amide bonds. The molecule has 0 aliphatic carbocycles. The van der Waals surface area contributed by atoms with Crippen molar-refractivity contribution >= 4 is 27.1 Å². The van der Waals surface area contributed by atoms with Gasteiger partial charge in [-0.2, -0.15) is 0 Å². The first-order valence-corrected chi connectivity index (χ1v) is 6.96. The minimum absolute atomic E-state index is 0.0418. The summed E-state index contributed by atoms with van der Waals surface area (Å²) >= 11 is 0. The van der Waals surface area contributed by atoms with Gasteiger partial charge in [0.1, 0.15) is 11.6 Å². The van der Waals surface area contributed by atoms with E-state index >= 15 is 0 Å². The zero-order valence-electron chi connectivity index (χ0n) is 10.1. The molecule has 0 radical (unpaired) electrons. The average Bonchev–Trinajstić information content (AvgIpc) is 2.35. The SMILES string of the molecule is Nc1cc(S(N)(=O)=O)ccc1Nc1cc(F)ccc1F. The molecule has 0 saturated heterocycles. The third-order valence-electron chi connectivity index (χ3n) is 2.55. The molecule has 0 aliphatic rings.